The normalized spacial score (nSPS) is 11.0. The quantitative estimate of drug-likeness (QED) is 0.140. The summed E-state index contributed by atoms with van der Waals surface area (Å²) in [6, 6.07) is 24.1. The van der Waals surface area contributed by atoms with E-state index in [9.17, 15) is 10.1 Å². The first-order valence-electron chi connectivity index (χ1n) is 12.1. The van der Waals surface area contributed by atoms with E-state index in [2.05, 4.69) is 5.32 Å². The molecule has 41 heavy (non-hydrogen) atoms. The Bertz CT molecular complexity index is 1630. The molecule has 0 aliphatic heterocycles. The smallest absolute Gasteiger partial charge is 0.266 e. The monoisotopic (exact) mass is 626 g/mol. The number of rotatable bonds is 10. The Labute approximate surface area is 257 Å². The van der Waals surface area contributed by atoms with E-state index in [4.69, 9.17) is 60.6 Å². The number of amides is 1. The molecular weight excluding hydrogens is 606 g/mol. The molecule has 0 unspecified atom stereocenters. The number of carbonyl (C=O) groups is 1. The summed E-state index contributed by atoms with van der Waals surface area (Å²) < 4.78 is 17.1. The second-order valence-electron chi connectivity index (χ2n) is 8.61. The van der Waals surface area contributed by atoms with Gasteiger partial charge in [0.25, 0.3) is 5.91 Å². The predicted molar refractivity (Wildman–Crippen MR) is 163 cm³/mol. The van der Waals surface area contributed by atoms with Gasteiger partial charge in [0.05, 0.1) is 17.2 Å². The molecule has 0 aliphatic rings. The third-order valence-electron chi connectivity index (χ3n) is 5.79. The fourth-order valence-corrected chi connectivity index (χ4v) is 4.40. The Hall–Kier alpha value is -3.86. The number of methoxy groups -OCH3 is 1. The number of halogens is 4. The van der Waals surface area contributed by atoms with Gasteiger partial charge in [-0.1, -0.05) is 58.5 Å². The second-order valence-corrected chi connectivity index (χ2v) is 10.3. The number of nitrogens with one attached hydrogen (secondary N) is 1. The van der Waals surface area contributed by atoms with Gasteiger partial charge in [0.2, 0.25) is 0 Å². The van der Waals surface area contributed by atoms with Crippen molar-refractivity contribution in [3.05, 3.63) is 121 Å². The zero-order valence-electron chi connectivity index (χ0n) is 21.6. The van der Waals surface area contributed by atoms with Crippen molar-refractivity contribution in [2.45, 2.75) is 13.2 Å². The predicted octanol–water partition coefficient (Wildman–Crippen LogP) is 9.01. The highest BCUT2D eigenvalue weighted by Gasteiger charge is 2.13. The molecule has 0 bridgehead atoms. The van der Waals surface area contributed by atoms with Crippen LogP contribution in [0.25, 0.3) is 6.08 Å². The Balaban J connectivity index is 1.44. The number of anilines is 1. The van der Waals surface area contributed by atoms with Crippen molar-refractivity contribution in [3.63, 3.8) is 0 Å². The van der Waals surface area contributed by atoms with Gasteiger partial charge < -0.3 is 19.5 Å². The van der Waals surface area contributed by atoms with Gasteiger partial charge in [-0.15, -0.1) is 0 Å². The molecule has 4 rings (SSSR count). The van der Waals surface area contributed by atoms with Gasteiger partial charge in [-0.3, -0.25) is 4.79 Å². The van der Waals surface area contributed by atoms with Crippen molar-refractivity contribution in [3.8, 4) is 23.3 Å². The van der Waals surface area contributed by atoms with Gasteiger partial charge in [-0.05, 0) is 72.3 Å². The van der Waals surface area contributed by atoms with Crippen molar-refractivity contribution in [1.82, 2.24) is 0 Å². The summed E-state index contributed by atoms with van der Waals surface area (Å²) >= 11 is 24.2. The summed E-state index contributed by atoms with van der Waals surface area (Å²) in [5.41, 5.74) is 2.46. The lowest BCUT2D eigenvalue weighted by Crippen LogP contribution is -2.13. The highest BCUT2D eigenvalue weighted by molar-refractivity contribution is 6.42. The van der Waals surface area contributed by atoms with Crippen LogP contribution in [-0.4, -0.2) is 13.0 Å². The molecule has 6 nitrogen and oxygen atoms in total. The Morgan fingerprint density at radius 1 is 0.829 bits per heavy atom. The van der Waals surface area contributed by atoms with Crippen LogP contribution in [-0.2, 0) is 18.0 Å². The molecule has 0 atom stereocenters. The molecule has 1 N–H and O–H groups in total. The molecule has 208 valence electrons. The van der Waals surface area contributed by atoms with Gasteiger partial charge in [0, 0.05) is 32.9 Å². The van der Waals surface area contributed by atoms with Gasteiger partial charge in [-0.25, -0.2) is 0 Å². The van der Waals surface area contributed by atoms with Crippen LogP contribution < -0.4 is 19.5 Å². The van der Waals surface area contributed by atoms with E-state index in [1.807, 2.05) is 6.07 Å². The summed E-state index contributed by atoms with van der Waals surface area (Å²) in [7, 11) is 1.53. The number of benzene rings is 4. The van der Waals surface area contributed by atoms with E-state index in [0.29, 0.717) is 48.6 Å². The number of ether oxygens (including phenoxy) is 3. The Morgan fingerprint density at radius 2 is 1.59 bits per heavy atom. The zero-order valence-corrected chi connectivity index (χ0v) is 24.6. The van der Waals surface area contributed by atoms with Crippen molar-refractivity contribution in [2.75, 3.05) is 12.4 Å². The largest absolute Gasteiger partial charge is 0.497 e. The Kier molecular flexibility index (Phi) is 10.4. The first kappa shape index (κ1) is 30.1. The minimum absolute atomic E-state index is 0.118. The molecule has 0 radical (unpaired) electrons. The summed E-state index contributed by atoms with van der Waals surface area (Å²) in [4.78, 5) is 12.9. The first-order valence-corrected chi connectivity index (χ1v) is 13.6. The lowest BCUT2D eigenvalue weighted by molar-refractivity contribution is -0.112. The molecule has 0 saturated heterocycles. The van der Waals surface area contributed by atoms with E-state index in [0.717, 1.165) is 11.1 Å². The van der Waals surface area contributed by atoms with Crippen LogP contribution in [0.1, 0.15) is 16.7 Å². The molecular formula is C31H22Cl4N2O4. The SMILES string of the molecule is COc1ccc(/C=C(\C#N)C(=O)Nc2ccc(OCc3ccc(Cl)cc3Cl)cc2)c(OCc2ccc(Cl)c(Cl)c2)c1. The maximum atomic E-state index is 12.9. The summed E-state index contributed by atoms with van der Waals surface area (Å²) in [5.74, 6) is 0.959. The van der Waals surface area contributed by atoms with E-state index >= 15 is 0 Å². The fourth-order valence-electron chi connectivity index (χ4n) is 3.61. The van der Waals surface area contributed by atoms with Gasteiger partial charge in [-0.2, -0.15) is 5.26 Å². The first-order chi connectivity index (χ1) is 19.7. The van der Waals surface area contributed by atoms with Crippen molar-refractivity contribution in [2.24, 2.45) is 0 Å². The van der Waals surface area contributed by atoms with Gasteiger partial charge in [0.15, 0.2) is 0 Å². The molecule has 0 aromatic heterocycles. The van der Waals surface area contributed by atoms with Crippen molar-refractivity contribution in [1.29, 1.82) is 5.26 Å². The molecule has 1 amide bonds. The highest BCUT2D eigenvalue weighted by Crippen LogP contribution is 2.29. The second kappa shape index (κ2) is 14.2. The number of nitrogens with zero attached hydrogens (tertiary/aromatic N) is 1. The van der Waals surface area contributed by atoms with Crippen LogP contribution in [0.5, 0.6) is 17.2 Å². The number of nitriles is 1. The van der Waals surface area contributed by atoms with E-state index < -0.39 is 5.91 Å². The van der Waals surface area contributed by atoms with Crippen LogP contribution in [0.2, 0.25) is 20.1 Å². The molecule has 0 fully saturated rings. The lowest BCUT2D eigenvalue weighted by atomic mass is 10.1. The zero-order chi connectivity index (χ0) is 29.4. The average Bonchev–Trinajstić information content (AvgIpc) is 2.97. The fraction of sp³-hybridized carbons (Fsp3) is 0.0968. The van der Waals surface area contributed by atoms with Crippen LogP contribution in [0.4, 0.5) is 5.69 Å². The van der Waals surface area contributed by atoms with E-state index in [-0.39, 0.29) is 18.8 Å². The van der Waals surface area contributed by atoms with Crippen LogP contribution in [0.15, 0.2) is 84.4 Å². The molecule has 0 saturated carbocycles. The highest BCUT2D eigenvalue weighted by atomic mass is 35.5. The maximum absolute atomic E-state index is 12.9. The molecule has 0 aliphatic carbocycles. The standard InChI is InChI=1S/C31H22Cl4N2O4/c1-39-26-8-4-20(30(15-26)41-17-19-2-11-27(33)29(35)12-19)13-22(16-36)31(38)37-24-6-9-25(10-7-24)40-18-21-3-5-23(32)14-28(21)34/h2-15H,17-18H2,1H3,(H,37,38)/b22-13+. The van der Waals surface area contributed by atoms with E-state index in [1.165, 1.54) is 13.2 Å². The van der Waals surface area contributed by atoms with Gasteiger partial charge >= 0.3 is 0 Å². The van der Waals surface area contributed by atoms with Crippen LogP contribution in [0, 0.1) is 11.3 Å². The Morgan fingerprint density at radius 3 is 2.27 bits per heavy atom. The molecule has 10 heteroatoms. The van der Waals surface area contributed by atoms with Gasteiger partial charge in [0.1, 0.15) is 42.1 Å². The average molecular weight is 628 g/mol. The van der Waals surface area contributed by atoms with Crippen molar-refractivity contribution >= 4 is 64.1 Å². The maximum Gasteiger partial charge on any atom is 0.266 e. The van der Waals surface area contributed by atoms with Crippen molar-refractivity contribution < 1.29 is 19.0 Å². The molecule has 0 heterocycles. The van der Waals surface area contributed by atoms with E-state index in [1.54, 1.807) is 78.9 Å². The number of carbonyl (C=O) groups excluding carboxylic acids is 1. The van der Waals surface area contributed by atoms with Crippen LogP contribution >= 0.6 is 46.4 Å². The number of hydrogen-bond donors (Lipinski definition) is 1. The lowest BCUT2D eigenvalue weighted by Gasteiger charge is -2.12. The molecule has 4 aromatic rings. The minimum Gasteiger partial charge on any atom is -0.497 e. The third-order valence-corrected chi connectivity index (χ3v) is 7.11. The summed E-state index contributed by atoms with van der Waals surface area (Å²) in [6.45, 7) is 0.429. The summed E-state index contributed by atoms with van der Waals surface area (Å²) in [6.07, 6.45) is 1.45. The molecule has 4 aromatic carbocycles. The summed E-state index contributed by atoms with van der Waals surface area (Å²) in [5, 5.41) is 14.4. The van der Waals surface area contributed by atoms with Crippen LogP contribution in [0.3, 0.4) is 0 Å². The molecule has 0 spiro atoms. The third kappa shape index (κ3) is 8.32. The number of hydrogen-bond acceptors (Lipinski definition) is 5. The topological polar surface area (TPSA) is 80.6 Å². The minimum atomic E-state index is -0.583.